The van der Waals surface area contributed by atoms with Gasteiger partial charge in [0.05, 0.1) is 24.5 Å². The van der Waals surface area contributed by atoms with Crippen LogP contribution in [0.15, 0.2) is 60.7 Å². The predicted molar refractivity (Wildman–Crippen MR) is 144 cm³/mol. The third-order valence-electron chi connectivity index (χ3n) is 7.02. The number of rotatable bonds is 7. The topological polar surface area (TPSA) is 70.8 Å². The highest BCUT2D eigenvalue weighted by Gasteiger charge is 2.29. The Hall–Kier alpha value is -3.67. The van der Waals surface area contributed by atoms with Crippen LogP contribution >= 0.6 is 0 Å². The van der Waals surface area contributed by atoms with Gasteiger partial charge in [-0.15, -0.1) is 0 Å². The summed E-state index contributed by atoms with van der Waals surface area (Å²) in [5, 5.41) is 3.49. The Morgan fingerprint density at radius 2 is 1.71 bits per heavy atom. The summed E-state index contributed by atoms with van der Waals surface area (Å²) in [5.41, 5.74) is 13.0. The first-order chi connectivity index (χ1) is 17.0. The van der Waals surface area contributed by atoms with Crippen LogP contribution in [-0.4, -0.2) is 25.6 Å². The molecular weight excluding hydrogens is 436 g/mol. The highest BCUT2D eigenvalue weighted by molar-refractivity contribution is 6.10. The van der Waals surface area contributed by atoms with Crippen molar-refractivity contribution in [2.45, 2.75) is 45.7 Å². The van der Waals surface area contributed by atoms with Crippen LogP contribution in [0.1, 0.15) is 60.6 Å². The number of piperidine rings is 1. The molecule has 0 aliphatic carbocycles. The minimum atomic E-state index is 0.0352. The Bertz CT molecular complexity index is 1200. The average Bonchev–Trinajstić information content (AvgIpc) is 3.22. The first-order valence-electron chi connectivity index (χ1n) is 12.6. The Morgan fingerprint density at radius 3 is 2.43 bits per heavy atom. The maximum atomic E-state index is 13.2. The van der Waals surface area contributed by atoms with E-state index >= 15 is 0 Å². The fourth-order valence-corrected chi connectivity index (χ4v) is 5.05. The van der Waals surface area contributed by atoms with Crippen LogP contribution in [0.25, 0.3) is 0 Å². The van der Waals surface area contributed by atoms with E-state index in [9.17, 15) is 4.79 Å². The van der Waals surface area contributed by atoms with Crippen molar-refractivity contribution in [1.82, 2.24) is 0 Å². The van der Waals surface area contributed by atoms with Crippen molar-refractivity contribution < 1.29 is 9.53 Å². The molecule has 3 N–H and O–H groups in total. The first-order valence-corrected chi connectivity index (χ1v) is 12.6. The molecule has 35 heavy (non-hydrogen) atoms. The van der Waals surface area contributed by atoms with Crippen molar-refractivity contribution in [1.29, 1.82) is 0 Å². The molecule has 1 amide bonds. The normalized spacial score (nSPS) is 16.2. The highest BCUT2D eigenvalue weighted by Crippen LogP contribution is 2.35. The number of hydrogen-bond donors (Lipinski definition) is 2. The lowest BCUT2D eigenvalue weighted by Crippen LogP contribution is -2.29. The molecular formula is C29H34N4O2. The van der Waals surface area contributed by atoms with Crippen molar-refractivity contribution in [3.8, 4) is 5.75 Å². The summed E-state index contributed by atoms with van der Waals surface area (Å²) in [4.78, 5) is 17.4. The number of hydrogen-bond acceptors (Lipinski definition) is 5. The van der Waals surface area contributed by atoms with Crippen LogP contribution in [-0.2, 0) is 6.54 Å². The van der Waals surface area contributed by atoms with E-state index in [1.807, 2.05) is 48.2 Å². The van der Waals surface area contributed by atoms with Crippen LogP contribution in [0.3, 0.4) is 0 Å². The van der Waals surface area contributed by atoms with Crippen molar-refractivity contribution >= 4 is 28.7 Å². The van der Waals surface area contributed by atoms with Gasteiger partial charge in [-0.2, -0.15) is 0 Å². The van der Waals surface area contributed by atoms with Gasteiger partial charge in [0.2, 0.25) is 0 Å². The maximum Gasteiger partial charge on any atom is 0.258 e. The van der Waals surface area contributed by atoms with Gasteiger partial charge in [0.1, 0.15) is 5.75 Å². The summed E-state index contributed by atoms with van der Waals surface area (Å²) < 4.78 is 5.53. The van der Waals surface area contributed by atoms with E-state index in [2.05, 4.69) is 41.4 Å². The van der Waals surface area contributed by atoms with E-state index in [-0.39, 0.29) is 11.9 Å². The van der Waals surface area contributed by atoms with Gasteiger partial charge in [-0.25, -0.2) is 0 Å². The van der Waals surface area contributed by atoms with Crippen molar-refractivity contribution in [2.24, 2.45) is 0 Å². The predicted octanol–water partition coefficient (Wildman–Crippen LogP) is 5.99. The molecule has 1 saturated heterocycles. The molecule has 1 atom stereocenters. The summed E-state index contributed by atoms with van der Waals surface area (Å²) in [6.45, 7) is 7.49. The Balaban J connectivity index is 1.29. The molecule has 0 spiro atoms. The highest BCUT2D eigenvalue weighted by atomic mass is 16.5. The third-order valence-corrected chi connectivity index (χ3v) is 7.02. The maximum absolute atomic E-state index is 13.2. The number of nitrogens with two attached hydrogens (primary N) is 1. The summed E-state index contributed by atoms with van der Waals surface area (Å²) in [5.74, 6) is 0.903. The monoisotopic (exact) mass is 470 g/mol. The standard InChI is InChI=1S/C29H34N4O2/c1-3-35-25-11-7-21(8-12-25)20(2)31-28-14-10-24(18-27(28)30)33-19-22-17-23(9-13-26(22)29(33)34)32-15-5-4-6-16-32/h7-14,17-18,20,31H,3-6,15-16,19,30H2,1-2H3. The lowest BCUT2D eigenvalue weighted by Gasteiger charge is -2.29. The second-order valence-corrected chi connectivity index (χ2v) is 9.42. The van der Waals surface area contributed by atoms with Gasteiger partial charge in [-0.3, -0.25) is 4.79 Å². The fourth-order valence-electron chi connectivity index (χ4n) is 5.05. The van der Waals surface area contributed by atoms with Crippen LogP contribution in [0, 0.1) is 0 Å². The molecule has 0 bridgehead atoms. The molecule has 3 aromatic carbocycles. The second kappa shape index (κ2) is 9.90. The minimum absolute atomic E-state index is 0.0352. The SMILES string of the molecule is CCOc1ccc(C(C)Nc2ccc(N3Cc4cc(N5CCCCC5)ccc4C3=O)cc2N)cc1. The van der Waals surface area contributed by atoms with E-state index < -0.39 is 0 Å². The van der Waals surface area contributed by atoms with E-state index in [1.165, 1.54) is 24.9 Å². The summed E-state index contributed by atoms with van der Waals surface area (Å²) in [6, 6.07) is 20.3. The number of fused-ring (bicyclic) bond motifs is 1. The zero-order chi connectivity index (χ0) is 24.4. The number of ether oxygens (including phenoxy) is 1. The Kier molecular flexibility index (Phi) is 6.53. The van der Waals surface area contributed by atoms with Crippen molar-refractivity contribution in [3.63, 3.8) is 0 Å². The molecule has 0 radical (unpaired) electrons. The molecule has 6 nitrogen and oxygen atoms in total. The quantitative estimate of drug-likeness (QED) is 0.415. The summed E-state index contributed by atoms with van der Waals surface area (Å²) in [7, 11) is 0. The average molecular weight is 471 g/mol. The van der Waals surface area contributed by atoms with Gasteiger partial charge in [0, 0.05) is 36.1 Å². The lowest BCUT2D eigenvalue weighted by molar-refractivity contribution is 0.0996. The van der Waals surface area contributed by atoms with Gasteiger partial charge in [0.25, 0.3) is 5.91 Å². The molecule has 182 valence electrons. The van der Waals surface area contributed by atoms with Gasteiger partial charge in [-0.05, 0) is 92.8 Å². The van der Waals surface area contributed by atoms with Gasteiger partial charge < -0.3 is 25.6 Å². The van der Waals surface area contributed by atoms with Crippen LogP contribution in [0.4, 0.5) is 22.7 Å². The molecule has 3 aromatic rings. The number of amides is 1. The molecule has 2 aliphatic rings. The largest absolute Gasteiger partial charge is 0.494 e. The Morgan fingerprint density at radius 1 is 0.971 bits per heavy atom. The van der Waals surface area contributed by atoms with Gasteiger partial charge in [0.15, 0.2) is 0 Å². The number of anilines is 4. The van der Waals surface area contributed by atoms with Crippen LogP contribution < -0.4 is 25.6 Å². The van der Waals surface area contributed by atoms with E-state index in [1.54, 1.807) is 0 Å². The van der Waals surface area contributed by atoms with E-state index in [0.717, 1.165) is 46.9 Å². The molecule has 2 heterocycles. The van der Waals surface area contributed by atoms with Crippen LogP contribution in [0.2, 0.25) is 0 Å². The number of benzene rings is 3. The zero-order valence-electron chi connectivity index (χ0n) is 20.6. The molecule has 5 rings (SSSR count). The molecule has 1 fully saturated rings. The van der Waals surface area contributed by atoms with E-state index in [4.69, 9.17) is 10.5 Å². The Labute approximate surface area is 207 Å². The first kappa shape index (κ1) is 23.1. The van der Waals surface area contributed by atoms with Gasteiger partial charge in [-0.1, -0.05) is 12.1 Å². The number of carbonyl (C=O) groups excluding carboxylic acids is 1. The third kappa shape index (κ3) is 4.78. The number of nitrogens with one attached hydrogen (secondary N) is 1. The molecule has 6 heteroatoms. The molecule has 2 aliphatic heterocycles. The summed E-state index contributed by atoms with van der Waals surface area (Å²) in [6.07, 6.45) is 3.77. The van der Waals surface area contributed by atoms with Gasteiger partial charge >= 0.3 is 0 Å². The summed E-state index contributed by atoms with van der Waals surface area (Å²) >= 11 is 0. The van der Waals surface area contributed by atoms with Crippen molar-refractivity contribution in [3.05, 3.63) is 77.4 Å². The number of nitrogens with zero attached hydrogens (tertiary/aromatic N) is 2. The number of carbonyl (C=O) groups is 1. The minimum Gasteiger partial charge on any atom is -0.494 e. The fraction of sp³-hybridized carbons (Fsp3) is 0.345. The zero-order valence-corrected chi connectivity index (χ0v) is 20.6. The molecule has 0 aromatic heterocycles. The second-order valence-electron chi connectivity index (χ2n) is 9.42. The van der Waals surface area contributed by atoms with Crippen molar-refractivity contribution in [2.75, 3.05) is 40.5 Å². The smallest absolute Gasteiger partial charge is 0.258 e. The molecule has 1 unspecified atom stereocenters. The van der Waals surface area contributed by atoms with E-state index in [0.29, 0.717) is 18.8 Å². The lowest BCUT2D eigenvalue weighted by atomic mass is 10.1. The van der Waals surface area contributed by atoms with Crippen LogP contribution in [0.5, 0.6) is 5.75 Å². The molecule has 0 saturated carbocycles. The number of nitrogen functional groups attached to an aromatic ring is 1.